The van der Waals surface area contributed by atoms with Crippen LogP contribution in [0.2, 0.25) is 5.02 Å². The summed E-state index contributed by atoms with van der Waals surface area (Å²) in [5, 5.41) is 18.3. The van der Waals surface area contributed by atoms with Crippen molar-refractivity contribution in [2.24, 2.45) is 0 Å². The molecule has 0 saturated carbocycles. The maximum Gasteiger partial charge on any atom is 0.173 e. The maximum atomic E-state index is 10.6. The lowest BCUT2D eigenvalue weighted by molar-refractivity contribution is 0.304. The lowest BCUT2D eigenvalue weighted by atomic mass is 10.1. The zero-order valence-electron chi connectivity index (χ0n) is 16.9. The van der Waals surface area contributed by atoms with Gasteiger partial charge in [-0.1, -0.05) is 39.7 Å². The lowest BCUT2D eigenvalue weighted by Gasteiger charge is -2.12. The third-order valence-electron chi connectivity index (χ3n) is 4.80. The number of phenols is 1. The lowest BCUT2D eigenvalue weighted by Crippen LogP contribution is -1.95. The Morgan fingerprint density at radius 1 is 1.00 bits per heavy atom. The second-order valence-corrected chi connectivity index (χ2v) is 8.47. The van der Waals surface area contributed by atoms with Gasteiger partial charge in [-0.05, 0) is 66.9 Å². The fourth-order valence-electron chi connectivity index (χ4n) is 3.20. The summed E-state index contributed by atoms with van der Waals surface area (Å²) in [6, 6.07) is 16.8. The molecule has 0 atom stereocenters. The molecule has 4 aromatic rings. The molecular weight excluding hydrogens is 480 g/mol. The molecule has 4 rings (SSSR count). The number of aromatic nitrogens is 2. The fourth-order valence-corrected chi connectivity index (χ4v) is 3.57. The molecule has 158 valence electrons. The minimum atomic E-state index is 0.0610. The van der Waals surface area contributed by atoms with Crippen molar-refractivity contribution >= 4 is 27.5 Å². The number of aromatic amines is 1. The molecule has 0 saturated heterocycles. The topological polar surface area (TPSA) is 67.4 Å². The van der Waals surface area contributed by atoms with Crippen LogP contribution in [-0.2, 0) is 6.61 Å². The molecule has 0 radical (unpaired) electrons. The summed E-state index contributed by atoms with van der Waals surface area (Å²) < 4.78 is 12.8. The summed E-state index contributed by atoms with van der Waals surface area (Å²) in [5.41, 5.74) is 4.02. The van der Waals surface area contributed by atoms with Crippen molar-refractivity contribution < 1.29 is 14.6 Å². The highest BCUT2D eigenvalue weighted by atomic mass is 79.9. The molecule has 1 aromatic heterocycles. The van der Waals surface area contributed by atoms with Crippen LogP contribution in [0.4, 0.5) is 0 Å². The Balaban J connectivity index is 1.53. The van der Waals surface area contributed by atoms with Crippen LogP contribution < -0.4 is 9.47 Å². The van der Waals surface area contributed by atoms with Gasteiger partial charge in [0.2, 0.25) is 0 Å². The highest BCUT2D eigenvalue weighted by Crippen LogP contribution is 2.39. The number of hydrogen-bond donors (Lipinski definition) is 2. The first kappa shape index (κ1) is 21.3. The Labute approximate surface area is 193 Å². The highest BCUT2D eigenvalue weighted by Gasteiger charge is 2.15. The van der Waals surface area contributed by atoms with Crippen molar-refractivity contribution in [3.8, 4) is 34.3 Å². The molecule has 31 heavy (non-hydrogen) atoms. The van der Waals surface area contributed by atoms with E-state index in [9.17, 15) is 5.11 Å². The van der Waals surface area contributed by atoms with Gasteiger partial charge in [-0.3, -0.25) is 5.10 Å². The van der Waals surface area contributed by atoms with Crippen molar-refractivity contribution in [3.63, 3.8) is 0 Å². The minimum absolute atomic E-state index is 0.0610. The monoisotopic (exact) mass is 498 g/mol. The van der Waals surface area contributed by atoms with Gasteiger partial charge in [0.25, 0.3) is 0 Å². The number of phenolic OH excluding ortho intramolecular Hbond substituents is 1. The maximum absolute atomic E-state index is 10.6. The van der Waals surface area contributed by atoms with E-state index in [0.717, 1.165) is 26.2 Å². The Bertz CT molecular complexity index is 1200. The Morgan fingerprint density at radius 3 is 2.39 bits per heavy atom. The van der Waals surface area contributed by atoms with Crippen molar-refractivity contribution in [2.45, 2.75) is 20.5 Å². The number of nitrogens with zero attached hydrogens (tertiary/aromatic N) is 1. The van der Waals surface area contributed by atoms with Gasteiger partial charge in [-0.25, -0.2) is 0 Å². The number of nitrogens with one attached hydrogen (secondary N) is 1. The number of rotatable bonds is 6. The SMILES string of the molecule is Cc1cc(Oc2cn[nH]c2-c2ccc(OCc3ccc(Br)cc3)cc2O)cc(C)c1Cl. The molecule has 0 spiro atoms. The Morgan fingerprint density at radius 2 is 1.71 bits per heavy atom. The van der Waals surface area contributed by atoms with Crippen LogP contribution in [0.5, 0.6) is 23.0 Å². The van der Waals surface area contributed by atoms with Crippen molar-refractivity contribution in [2.75, 3.05) is 0 Å². The van der Waals surface area contributed by atoms with Gasteiger partial charge in [0.15, 0.2) is 5.75 Å². The number of hydrogen-bond acceptors (Lipinski definition) is 4. The summed E-state index contributed by atoms with van der Waals surface area (Å²) in [7, 11) is 0. The zero-order chi connectivity index (χ0) is 22.0. The number of aromatic hydroxyl groups is 1. The molecular formula is C24H20BrClN2O3. The van der Waals surface area contributed by atoms with E-state index in [1.165, 1.54) is 0 Å². The fraction of sp³-hybridized carbons (Fsp3) is 0.125. The average molecular weight is 500 g/mol. The van der Waals surface area contributed by atoms with Gasteiger partial charge in [-0.2, -0.15) is 5.10 Å². The van der Waals surface area contributed by atoms with Crippen LogP contribution in [0.15, 0.2) is 65.3 Å². The molecule has 0 aliphatic carbocycles. The number of H-pyrrole nitrogens is 1. The molecule has 7 heteroatoms. The van der Waals surface area contributed by atoms with E-state index < -0.39 is 0 Å². The first-order valence-corrected chi connectivity index (χ1v) is 10.8. The molecule has 0 aliphatic heterocycles. The summed E-state index contributed by atoms with van der Waals surface area (Å²) in [6.07, 6.45) is 1.58. The summed E-state index contributed by atoms with van der Waals surface area (Å²) >= 11 is 9.66. The smallest absolute Gasteiger partial charge is 0.173 e. The molecule has 0 amide bonds. The van der Waals surface area contributed by atoms with Crippen molar-refractivity contribution in [1.82, 2.24) is 10.2 Å². The molecule has 0 unspecified atom stereocenters. The summed E-state index contributed by atoms with van der Waals surface area (Å²) in [4.78, 5) is 0. The van der Waals surface area contributed by atoms with Crippen molar-refractivity contribution in [3.05, 3.63) is 87.0 Å². The largest absolute Gasteiger partial charge is 0.507 e. The van der Waals surface area contributed by atoms with E-state index in [4.69, 9.17) is 21.1 Å². The van der Waals surface area contributed by atoms with E-state index in [2.05, 4.69) is 26.1 Å². The highest BCUT2D eigenvalue weighted by molar-refractivity contribution is 9.10. The average Bonchev–Trinajstić information content (AvgIpc) is 3.19. The van der Waals surface area contributed by atoms with Gasteiger partial charge in [0.1, 0.15) is 29.5 Å². The molecule has 0 aliphatic rings. The molecule has 0 bridgehead atoms. The van der Waals surface area contributed by atoms with Gasteiger partial charge in [0.05, 0.1) is 6.20 Å². The number of ether oxygens (including phenoxy) is 2. The van der Waals surface area contributed by atoms with E-state index in [1.807, 2.05) is 50.2 Å². The Hall–Kier alpha value is -2.96. The quantitative estimate of drug-likeness (QED) is 0.295. The third kappa shape index (κ3) is 4.86. The summed E-state index contributed by atoms with van der Waals surface area (Å²) in [6.45, 7) is 4.26. The van der Waals surface area contributed by atoms with Gasteiger partial charge in [0, 0.05) is 21.1 Å². The second-order valence-electron chi connectivity index (χ2n) is 7.18. The van der Waals surface area contributed by atoms with Crippen molar-refractivity contribution in [1.29, 1.82) is 0 Å². The minimum Gasteiger partial charge on any atom is -0.507 e. The number of aryl methyl sites for hydroxylation is 2. The predicted octanol–water partition coefficient (Wildman–Crippen LogP) is 7.19. The van der Waals surface area contributed by atoms with Crippen LogP contribution in [0, 0.1) is 13.8 Å². The molecule has 2 N–H and O–H groups in total. The first-order chi connectivity index (χ1) is 14.9. The third-order valence-corrected chi connectivity index (χ3v) is 5.92. The molecule has 3 aromatic carbocycles. The van der Waals surface area contributed by atoms with Gasteiger partial charge < -0.3 is 14.6 Å². The van der Waals surface area contributed by atoms with E-state index in [0.29, 0.717) is 35.1 Å². The molecule has 0 fully saturated rings. The van der Waals surface area contributed by atoms with Gasteiger partial charge in [-0.15, -0.1) is 0 Å². The van der Waals surface area contributed by atoms with Crippen LogP contribution in [0.1, 0.15) is 16.7 Å². The Kier molecular flexibility index (Phi) is 6.20. The normalized spacial score (nSPS) is 10.8. The van der Waals surface area contributed by atoms with Crippen LogP contribution in [0.3, 0.4) is 0 Å². The standard InChI is InChI=1S/C24H20BrClN2O3/c1-14-9-19(10-15(2)23(14)26)31-22-12-27-28-24(22)20-8-7-18(11-21(20)29)30-13-16-3-5-17(25)6-4-16/h3-12,29H,13H2,1-2H3,(H,27,28). The van der Waals surface area contributed by atoms with Crippen LogP contribution in [0.25, 0.3) is 11.3 Å². The van der Waals surface area contributed by atoms with Crippen LogP contribution in [-0.4, -0.2) is 15.3 Å². The molecule has 1 heterocycles. The molecule has 5 nitrogen and oxygen atoms in total. The number of benzene rings is 3. The summed E-state index contributed by atoms with van der Waals surface area (Å²) in [5.74, 6) is 1.77. The number of halogens is 2. The van der Waals surface area contributed by atoms with E-state index in [1.54, 1.807) is 24.4 Å². The van der Waals surface area contributed by atoms with E-state index in [-0.39, 0.29) is 5.75 Å². The zero-order valence-corrected chi connectivity index (χ0v) is 19.3. The first-order valence-electron chi connectivity index (χ1n) is 9.59. The second kappa shape index (κ2) is 9.04. The predicted molar refractivity (Wildman–Crippen MR) is 125 cm³/mol. The van der Waals surface area contributed by atoms with Crippen LogP contribution >= 0.6 is 27.5 Å². The van der Waals surface area contributed by atoms with Gasteiger partial charge >= 0.3 is 0 Å². The van der Waals surface area contributed by atoms with E-state index >= 15 is 0 Å².